The van der Waals surface area contributed by atoms with Crippen LogP contribution in [0.3, 0.4) is 0 Å². The van der Waals surface area contributed by atoms with E-state index in [-0.39, 0.29) is 23.8 Å². The van der Waals surface area contributed by atoms with Crippen LogP contribution in [0.15, 0.2) is 72.8 Å². The number of nitrogens with one attached hydrogen (secondary N) is 1. The maximum atomic E-state index is 12.9. The van der Waals surface area contributed by atoms with Crippen LogP contribution in [-0.4, -0.2) is 30.1 Å². The first kappa shape index (κ1) is 17.0. The minimum absolute atomic E-state index is 0.112. The molecule has 2 unspecified atom stereocenters. The summed E-state index contributed by atoms with van der Waals surface area (Å²) in [7, 11) is 0. The third kappa shape index (κ3) is 3.05. The summed E-state index contributed by atoms with van der Waals surface area (Å²) in [6.45, 7) is 0.815. The van der Waals surface area contributed by atoms with Crippen LogP contribution in [0.5, 0.6) is 0 Å². The second-order valence-corrected chi connectivity index (χ2v) is 7.18. The number of rotatable bonds is 5. The summed E-state index contributed by atoms with van der Waals surface area (Å²) in [6.07, 6.45) is 1.36. The molecule has 3 heteroatoms. The van der Waals surface area contributed by atoms with Crippen LogP contribution < -0.4 is 5.32 Å². The molecule has 1 aliphatic rings. The molecule has 1 aliphatic heterocycles. The number of carbonyl (C=O) groups excluding carboxylic acids is 1. The summed E-state index contributed by atoms with van der Waals surface area (Å²) in [5.74, 6) is 0.131. The topological polar surface area (TPSA) is 49.3 Å². The lowest BCUT2D eigenvalue weighted by molar-refractivity contribution is 0.0948. The molecule has 2 N–H and O–H groups in total. The van der Waals surface area contributed by atoms with Crippen molar-refractivity contribution in [1.29, 1.82) is 0 Å². The van der Waals surface area contributed by atoms with Crippen LogP contribution in [0.1, 0.15) is 28.8 Å². The van der Waals surface area contributed by atoms with E-state index in [1.54, 1.807) is 0 Å². The number of ketones is 1. The molecule has 0 saturated carbocycles. The van der Waals surface area contributed by atoms with Crippen molar-refractivity contribution in [2.24, 2.45) is 0 Å². The van der Waals surface area contributed by atoms with Gasteiger partial charge in [-0.05, 0) is 29.2 Å². The van der Waals surface area contributed by atoms with Crippen molar-refractivity contribution >= 4 is 16.6 Å². The number of hydrogen-bond donors (Lipinski definition) is 2. The van der Waals surface area contributed by atoms with E-state index in [9.17, 15) is 9.90 Å². The number of aliphatic hydroxyl groups excluding tert-OH is 1. The molecule has 0 bridgehead atoms. The van der Waals surface area contributed by atoms with Gasteiger partial charge in [-0.25, -0.2) is 0 Å². The monoisotopic (exact) mass is 345 g/mol. The molecule has 3 aromatic carbocycles. The molecular formula is C23H23NO2. The molecule has 0 spiro atoms. The third-order valence-corrected chi connectivity index (χ3v) is 5.61. The molecule has 132 valence electrons. The average Bonchev–Trinajstić information content (AvgIpc) is 3.13. The van der Waals surface area contributed by atoms with E-state index >= 15 is 0 Å². The predicted octanol–water partition coefficient (Wildman–Crippen LogP) is 3.70. The lowest BCUT2D eigenvalue weighted by Gasteiger charge is -2.29. The lowest BCUT2D eigenvalue weighted by Crippen LogP contribution is -2.30. The molecule has 26 heavy (non-hydrogen) atoms. The maximum absolute atomic E-state index is 12.9. The molecule has 1 saturated heterocycles. The number of Topliss-reactive ketones (excluding diaryl/α,β-unsaturated/α-hetero) is 1. The number of aliphatic hydroxyl groups is 1. The van der Waals surface area contributed by atoms with E-state index in [1.165, 1.54) is 16.3 Å². The Morgan fingerprint density at radius 3 is 2.50 bits per heavy atom. The normalized spacial score (nSPS) is 22.6. The van der Waals surface area contributed by atoms with Gasteiger partial charge >= 0.3 is 0 Å². The third-order valence-electron chi connectivity index (χ3n) is 5.61. The minimum atomic E-state index is -0.214. The Balaban J connectivity index is 1.66. The van der Waals surface area contributed by atoms with Crippen molar-refractivity contribution in [2.75, 3.05) is 13.2 Å². The second-order valence-electron chi connectivity index (χ2n) is 7.18. The average molecular weight is 345 g/mol. The Hall–Kier alpha value is -2.49. The number of carbonyl (C=O) groups is 1. The zero-order valence-corrected chi connectivity index (χ0v) is 14.7. The quantitative estimate of drug-likeness (QED) is 0.693. The fourth-order valence-corrected chi connectivity index (χ4v) is 4.13. The van der Waals surface area contributed by atoms with Crippen molar-refractivity contribution in [3.8, 4) is 0 Å². The van der Waals surface area contributed by atoms with Gasteiger partial charge in [0.15, 0.2) is 5.78 Å². The zero-order valence-electron chi connectivity index (χ0n) is 14.7. The molecular weight excluding hydrogens is 322 g/mol. The predicted molar refractivity (Wildman–Crippen MR) is 105 cm³/mol. The van der Waals surface area contributed by atoms with Gasteiger partial charge in [0.05, 0.1) is 6.04 Å². The van der Waals surface area contributed by atoms with E-state index in [2.05, 4.69) is 35.6 Å². The largest absolute Gasteiger partial charge is 0.396 e. The Labute approximate surface area is 153 Å². The van der Waals surface area contributed by atoms with Gasteiger partial charge in [0.25, 0.3) is 0 Å². The van der Waals surface area contributed by atoms with Gasteiger partial charge in [0.2, 0.25) is 0 Å². The second kappa shape index (κ2) is 7.02. The first-order valence-electron chi connectivity index (χ1n) is 9.15. The minimum Gasteiger partial charge on any atom is -0.396 e. The molecule has 3 nitrogen and oxygen atoms in total. The Kier molecular flexibility index (Phi) is 4.58. The van der Waals surface area contributed by atoms with Gasteiger partial charge in [0, 0.05) is 24.1 Å². The van der Waals surface area contributed by atoms with Gasteiger partial charge in [0.1, 0.15) is 0 Å². The smallest absolute Gasteiger partial charge is 0.179 e. The van der Waals surface area contributed by atoms with Crippen molar-refractivity contribution in [3.05, 3.63) is 83.9 Å². The van der Waals surface area contributed by atoms with Crippen LogP contribution in [0.4, 0.5) is 0 Å². The standard InChI is InChI=1S/C23H23NO2/c25-13-12-23(20-11-10-17-6-4-5-9-19(17)14-20)15-21(24-16-23)22(26)18-7-2-1-3-8-18/h1-11,14,21,24-25H,12-13,15-16H2. The van der Waals surface area contributed by atoms with Crippen molar-refractivity contribution in [1.82, 2.24) is 5.32 Å². The summed E-state index contributed by atoms with van der Waals surface area (Å²) < 4.78 is 0. The molecule has 0 aliphatic carbocycles. The summed E-state index contributed by atoms with van der Waals surface area (Å²) in [5.41, 5.74) is 1.72. The number of fused-ring (bicyclic) bond motifs is 1. The van der Waals surface area contributed by atoms with Gasteiger partial charge < -0.3 is 10.4 Å². The highest BCUT2D eigenvalue weighted by molar-refractivity contribution is 6.00. The molecule has 1 fully saturated rings. The Morgan fingerprint density at radius 1 is 1.00 bits per heavy atom. The zero-order chi connectivity index (χ0) is 18.0. The summed E-state index contributed by atoms with van der Waals surface area (Å²) in [4.78, 5) is 12.9. The lowest BCUT2D eigenvalue weighted by atomic mass is 9.75. The Bertz CT molecular complexity index is 922. The van der Waals surface area contributed by atoms with Crippen molar-refractivity contribution in [2.45, 2.75) is 24.3 Å². The summed E-state index contributed by atoms with van der Waals surface area (Å²) in [6, 6.07) is 24.0. The van der Waals surface area contributed by atoms with Gasteiger partial charge in [-0.2, -0.15) is 0 Å². The fraction of sp³-hybridized carbons (Fsp3) is 0.261. The van der Waals surface area contributed by atoms with Crippen molar-refractivity contribution in [3.63, 3.8) is 0 Å². The van der Waals surface area contributed by atoms with Gasteiger partial charge in [-0.1, -0.05) is 72.8 Å². The van der Waals surface area contributed by atoms with Crippen LogP contribution in [-0.2, 0) is 5.41 Å². The van der Waals surface area contributed by atoms with Crippen LogP contribution in [0.2, 0.25) is 0 Å². The molecule has 0 radical (unpaired) electrons. The molecule has 3 aromatic rings. The summed E-state index contributed by atoms with van der Waals surface area (Å²) >= 11 is 0. The molecule has 0 amide bonds. The van der Waals surface area contributed by atoms with Crippen molar-refractivity contribution < 1.29 is 9.90 Å². The fourth-order valence-electron chi connectivity index (χ4n) is 4.13. The van der Waals surface area contributed by atoms with Crippen LogP contribution in [0, 0.1) is 0 Å². The first-order valence-corrected chi connectivity index (χ1v) is 9.15. The molecule has 0 aromatic heterocycles. The van der Waals surface area contributed by atoms with E-state index in [0.29, 0.717) is 19.4 Å². The highest BCUT2D eigenvalue weighted by atomic mass is 16.3. The SMILES string of the molecule is O=C(c1ccccc1)C1CC(CCO)(c2ccc3ccccc3c2)CN1. The molecule has 1 heterocycles. The van der Waals surface area contributed by atoms with E-state index < -0.39 is 0 Å². The molecule has 2 atom stereocenters. The van der Waals surface area contributed by atoms with Crippen LogP contribution >= 0.6 is 0 Å². The highest BCUT2D eigenvalue weighted by Crippen LogP contribution is 2.38. The summed E-state index contributed by atoms with van der Waals surface area (Å²) in [5, 5.41) is 15.5. The van der Waals surface area contributed by atoms with E-state index in [0.717, 1.165) is 5.56 Å². The maximum Gasteiger partial charge on any atom is 0.179 e. The highest BCUT2D eigenvalue weighted by Gasteiger charge is 2.42. The first-order chi connectivity index (χ1) is 12.7. The molecule has 4 rings (SSSR count). The van der Waals surface area contributed by atoms with Gasteiger partial charge in [-0.15, -0.1) is 0 Å². The number of benzene rings is 3. The van der Waals surface area contributed by atoms with Gasteiger partial charge in [-0.3, -0.25) is 4.79 Å². The van der Waals surface area contributed by atoms with E-state index in [1.807, 2.05) is 42.5 Å². The van der Waals surface area contributed by atoms with E-state index in [4.69, 9.17) is 0 Å². The Morgan fingerprint density at radius 2 is 1.73 bits per heavy atom. The van der Waals surface area contributed by atoms with Crippen LogP contribution in [0.25, 0.3) is 10.8 Å². The number of hydrogen-bond acceptors (Lipinski definition) is 3.